The van der Waals surface area contributed by atoms with Crippen LogP contribution in [0.2, 0.25) is 0 Å². The van der Waals surface area contributed by atoms with Gasteiger partial charge in [-0.3, -0.25) is 0 Å². The number of carbonyl (C=O) groups is 1. The number of hydrogen-bond acceptors (Lipinski definition) is 5. The van der Waals surface area contributed by atoms with Gasteiger partial charge in [-0.1, -0.05) is 12.1 Å². The molecule has 29 heavy (non-hydrogen) atoms. The van der Waals surface area contributed by atoms with E-state index in [1.807, 2.05) is 27.7 Å². The molecule has 0 amide bonds. The average molecular weight is 410 g/mol. The van der Waals surface area contributed by atoms with E-state index in [9.17, 15) is 18.0 Å². The van der Waals surface area contributed by atoms with Crippen LogP contribution in [0, 0.1) is 0 Å². The molecule has 0 unspecified atom stereocenters. The van der Waals surface area contributed by atoms with Gasteiger partial charge in [0, 0.05) is 0 Å². The van der Waals surface area contributed by atoms with Gasteiger partial charge in [0.25, 0.3) is 0 Å². The van der Waals surface area contributed by atoms with E-state index < -0.39 is 41.7 Å². The number of rotatable bonds is 4. The Morgan fingerprint density at radius 1 is 1.21 bits per heavy atom. The molecule has 1 saturated heterocycles. The van der Waals surface area contributed by atoms with Crippen LogP contribution in [0.1, 0.15) is 50.7 Å². The molecule has 0 bridgehead atoms. The van der Waals surface area contributed by atoms with E-state index in [0.717, 1.165) is 6.20 Å². The number of halogens is 3. The van der Waals surface area contributed by atoms with Crippen LogP contribution in [-0.4, -0.2) is 40.7 Å². The molecule has 0 saturated carbocycles. The zero-order valence-electron chi connectivity index (χ0n) is 16.8. The normalized spacial score (nSPS) is 18.1. The highest BCUT2D eigenvalue weighted by Crippen LogP contribution is 2.37. The largest absolute Gasteiger partial charge is 0.494 e. The molecule has 0 aliphatic carbocycles. The smallest absolute Gasteiger partial charge is 0.462 e. The lowest BCUT2D eigenvalue weighted by Crippen LogP contribution is -2.41. The first-order valence-electron chi connectivity index (χ1n) is 9.15. The maximum absolute atomic E-state index is 13.7. The summed E-state index contributed by atoms with van der Waals surface area (Å²) < 4.78 is 58.5. The molecule has 1 fully saturated rings. The first-order chi connectivity index (χ1) is 13.4. The van der Waals surface area contributed by atoms with Gasteiger partial charge in [-0.25, -0.2) is 9.48 Å². The summed E-state index contributed by atoms with van der Waals surface area (Å²) in [5.41, 5.74) is -2.34. The van der Waals surface area contributed by atoms with Crippen LogP contribution in [0.5, 0.6) is 0 Å². The highest BCUT2D eigenvalue weighted by atomic mass is 19.4. The van der Waals surface area contributed by atoms with Crippen LogP contribution < -0.4 is 5.46 Å². The van der Waals surface area contributed by atoms with E-state index in [1.165, 1.54) is 19.1 Å². The topological polar surface area (TPSA) is 62.6 Å². The van der Waals surface area contributed by atoms with Gasteiger partial charge in [0.05, 0.1) is 29.7 Å². The second kappa shape index (κ2) is 7.18. The predicted molar refractivity (Wildman–Crippen MR) is 100 cm³/mol. The first kappa shape index (κ1) is 21.4. The second-order valence-corrected chi connectivity index (χ2v) is 7.72. The molecule has 2 aromatic rings. The van der Waals surface area contributed by atoms with Crippen LogP contribution in [-0.2, 0) is 20.2 Å². The lowest BCUT2D eigenvalue weighted by molar-refractivity contribution is -0.143. The highest BCUT2D eigenvalue weighted by molar-refractivity contribution is 6.62. The maximum Gasteiger partial charge on any atom is 0.494 e. The Kier molecular flexibility index (Phi) is 5.29. The zero-order valence-corrected chi connectivity index (χ0v) is 16.8. The molecule has 6 nitrogen and oxygen atoms in total. The van der Waals surface area contributed by atoms with Gasteiger partial charge in [-0.05, 0) is 52.2 Å². The minimum atomic E-state index is -4.81. The van der Waals surface area contributed by atoms with Gasteiger partial charge < -0.3 is 14.0 Å². The number of carbonyl (C=O) groups excluding carboxylic acids is 1. The summed E-state index contributed by atoms with van der Waals surface area (Å²) in [6, 6.07) is 6.25. The van der Waals surface area contributed by atoms with E-state index in [-0.39, 0.29) is 12.3 Å². The lowest BCUT2D eigenvalue weighted by Gasteiger charge is -2.32. The van der Waals surface area contributed by atoms with Crippen molar-refractivity contribution in [3.05, 3.63) is 41.7 Å². The van der Waals surface area contributed by atoms with Crippen molar-refractivity contribution in [2.24, 2.45) is 0 Å². The van der Waals surface area contributed by atoms with Crippen molar-refractivity contribution in [2.75, 3.05) is 6.61 Å². The molecule has 1 aromatic carbocycles. The molecule has 0 radical (unpaired) electrons. The van der Waals surface area contributed by atoms with Crippen molar-refractivity contribution in [3.8, 4) is 5.69 Å². The third kappa shape index (κ3) is 3.91. The van der Waals surface area contributed by atoms with Gasteiger partial charge >= 0.3 is 19.3 Å². The van der Waals surface area contributed by atoms with E-state index >= 15 is 0 Å². The molecule has 1 aromatic heterocycles. The minimum absolute atomic E-state index is 0.0429. The van der Waals surface area contributed by atoms with E-state index in [4.69, 9.17) is 14.0 Å². The zero-order chi connectivity index (χ0) is 21.6. The Morgan fingerprint density at radius 3 is 2.38 bits per heavy atom. The van der Waals surface area contributed by atoms with Crippen LogP contribution in [0.4, 0.5) is 13.2 Å². The Labute approximate surface area is 167 Å². The van der Waals surface area contributed by atoms with Crippen molar-refractivity contribution in [1.29, 1.82) is 0 Å². The fourth-order valence-electron chi connectivity index (χ4n) is 2.96. The number of alkyl halides is 3. The Morgan fingerprint density at radius 2 is 1.83 bits per heavy atom. The number of hydrogen-bond donors (Lipinski definition) is 0. The summed E-state index contributed by atoms with van der Waals surface area (Å²) in [6.07, 6.45) is -3.94. The van der Waals surface area contributed by atoms with Crippen molar-refractivity contribution in [2.45, 2.75) is 52.0 Å². The number of nitrogens with zero attached hydrogens (tertiary/aromatic N) is 2. The molecule has 2 heterocycles. The minimum Gasteiger partial charge on any atom is -0.462 e. The third-order valence-corrected chi connectivity index (χ3v) is 5.17. The van der Waals surface area contributed by atoms with Crippen LogP contribution in [0.3, 0.4) is 0 Å². The summed E-state index contributed by atoms with van der Waals surface area (Å²) in [7, 11) is -0.741. The fourth-order valence-corrected chi connectivity index (χ4v) is 2.96. The molecule has 10 heteroatoms. The van der Waals surface area contributed by atoms with Crippen LogP contribution in [0.15, 0.2) is 30.5 Å². The molecule has 0 N–H and O–H groups in total. The molecule has 0 spiro atoms. The van der Waals surface area contributed by atoms with Crippen LogP contribution >= 0.6 is 0 Å². The van der Waals surface area contributed by atoms with Crippen molar-refractivity contribution < 1.29 is 32.0 Å². The lowest BCUT2D eigenvalue weighted by atomic mass is 9.79. The molecular weight excluding hydrogens is 388 g/mol. The van der Waals surface area contributed by atoms with Gasteiger partial charge in [0.2, 0.25) is 0 Å². The predicted octanol–water partition coefficient (Wildman–Crippen LogP) is 3.37. The number of benzene rings is 1. The SMILES string of the molecule is CCOC(=O)c1cnn(-c2cccc(B3OC(C)(C)C(C)(C)O3)c2)c1C(F)(F)F. The monoisotopic (exact) mass is 410 g/mol. The summed E-state index contributed by atoms with van der Waals surface area (Å²) in [5.74, 6) is -1.08. The summed E-state index contributed by atoms with van der Waals surface area (Å²) in [5, 5.41) is 3.80. The number of esters is 1. The number of aromatic nitrogens is 2. The molecular formula is C19H22BF3N2O4. The Hall–Kier alpha value is -2.33. The van der Waals surface area contributed by atoms with Crippen molar-refractivity contribution in [3.63, 3.8) is 0 Å². The quantitative estimate of drug-likeness (QED) is 0.572. The molecule has 1 aliphatic heterocycles. The average Bonchev–Trinajstić information content (AvgIpc) is 3.14. The fraction of sp³-hybridized carbons (Fsp3) is 0.474. The maximum atomic E-state index is 13.7. The Bertz CT molecular complexity index is 908. The van der Waals surface area contributed by atoms with Gasteiger partial charge in [0.1, 0.15) is 5.56 Å². The summed E-state index contributed by atoms with van der Waals surface area (Å²) in [4.78, 5) is 12.0. The van der Waals surface area contributed by atoms with E-state index in [0.29, 0.717) is 10.1 Å². The van der Waals surface area contributed by atoms with Crippen LogP contribution in [0.25, 0.3) is 5.69 Å². The van der Waals surface area contributed by atoms with Gasteiger partial charge in [-0.15, -0.1) is 0 Å². The molecule has 0 atom stereocenters. The summed E-state index contributed by atoms with van der Waals surface area (Å²) >= 11 is 0. The Balaban J connectivity index is 2.03. The van der Waals surface area contributed by atoms with Gasteiger partial charge in [0.15, 0.2) is 5.69 Å². The molecule has 1 aliphatic rings. The third-order valence-electron chi connectivity index (χ3n) is 5.17. The molecule has 156 valence electrons. The second-order valence-electron chi connectivity index (χ2n) is 7.72. The standard InChI is InChI=1S/C19H22BF3N2O4/c1-6-27-16(26)14-11-24-25(15(14)19(21,22)23)13-9-7-8-12(10-13)20-28-17(2,3)18(4,5)29-20/h7-11H,6H2,1-5H3. The first-order valence-corrected chi connectivity index (χ1v) is 9.15. The van der Waals surface area contributed by atoms with Crippen molar-refractivity contribution in [1.82, 2.24) is 9.78 Å². The van der Waals surface area contributed by atoms with Gasteiger partial charge in [-0.2, -0.15) is 18.3 Å². The molecule has 3 rings (SSSR count). The highest BCUT2D eigenvalue weighted by Gasteiger charge is 2.51. The summed E-state index contributed by atoms with van der Waals surface area (Å²) in [6.45, 7) is 9.02. The van der Waals surface area contributed by atoms with Crippen molar-refractivity contribution >= 4 is 18.6 Å². The number of ether oxygens (including phenoxy) is 1. The van der Waals surface area contributed by atoms with E-state index in [2.05, 4.69) is 5.10 Å². The van der Waals surface area contributed by atoms with E-state index in [1.54, 1.807) is 12.1 Å².